The van der Waals surface area contributed by atoms with Crippen LogP contribution in [0.15, 0.2) is 11.0 Å². The summed E-state index contributed by atoms with van der Waals surface area (Å²) in [5.74, 6) is 0. The first-order valence-corrected chi connectivity index (χ1v) is 5.66. The van der Waals surface area contributed by atoms with E-state index in [1.54, 1.807) is 22.4 Å². The zero-order valence-electron chi connectivity index (χ0n) is 8.85. The van der Waals surface area contributed by atoms with Crippen LogP contribution in [0.1, 0.15) is 25.3 Å². The Morgan fingerprint density at radius 3 is 2.88 bits per heavy atom. The molecule has 0 radical (unpaired) electrons. The van der Waals surface area contributed by atoms with E-state index in [4.69, 9.17) is 11.6 Å². The molecule has 6 heteroatoms. The smallest absolute Gasteiger partial charge is 0.292 e. The number of aryl methyl sites for hydroxylation is 1. The van der Waals surface area contributed by atoms with Crippen LogP contribution in [0.3, 0.4) is 0 Å². The highest BCUT2D eigenvalue weighted by molar-refractivity contribution is 6.28. The fourth-order valence-corrected chi connectivity index (χ4v) is 2.22. The lowest BCUT2D eigenvalue weighted by Gasteiger charge is -2.26. The minimum Gasteiger partial charge on any atom is -0.292 e. The molecular weight excluding hydrogens is 228 g/mol. The van der Waals surface area contributed by atoms with Gasteiger partial charge in [0.05, 0.1) is 6.20 Å². The Morgan fingerprint density at radius 1 is 1.50 bits per heavy atom. The molecule has 1 aliphatic carbocycles. The quantitative estimate of drug-likeness (QED) is 0.708. The fourth-order valence-electron chi connectivity index (χ4n) is 2.09. The summed E-state index contributed by atoms with van der Waals surface area (Å²) in [6.45, 7) is 0. The summed E-state index contributed by atoms with van der Waals surface area (Å²) < 4.78 is 3.32. The van der Waals surface area contributed by atoms with Crippen molar-refractivity contribution in [2.75, 3.05) is 0 Å². The van der Waals surface area contributed by atoms with E-state index in [9.17, 15) is 4.79 Å². The Balaban J connectivity index is 2.36. The SMILES string of the molecule is Cn1c(=O)n(C2CCC2)c2nc(Cl)ncc21. The number of nitrogens with zero attached hydrogens (tertiary/aromatic N) is 4. The zero-order chi connectivity index (χ0) is 11.3. The first-order valence-electron chi connectivity index (χ1n) is 5.28. The van der Waals surface area contributed by atoms with Gasteiger partial charge >= 0.3 is 5.69 Å². The van der Waals surface area contributed by atoms with Gasteiger partial charge in [-0.25, -0.2) is 9.78 Å². The molecule has 0 saturated heterocycles. The number of hydrogen-bond donors (Lipinski definition) is 0. The van der Waals surface area contributed by atoms with Crippen molar-refractivity contribution < 1.29 is 0 Å². The molecule has 84 valence electrons. The standard InChI is InChI=1S/C10H11ClN4O/c1-14-7-5-12-9(11)13-8(7)15(10(14)16)6-3-2-4-6/h5-6H,2-4H2,1H3. The number of fused-ring (bicyclic) bond motifs is 1. The predicted molar refractivity (Wildman–Crippen MR) is 60.7 cm³/mol. The number of halogens is 1. The van der Waals surface area contributed by atoms with Gasteiger partial charge in [0, 0.05) is 13.1 Å². The third kappa shape index (κ3) is 1.21. The monoisotopic (exact) mass is 238 g/mol. The van der Waals surface area contributed by atoms with E-state index in [0.717, 1.165) is 18.4 Å². The average Bonchev–Trinajstić information content (AvgIpc) is 2.41. The summed E-state index contributed by atoms with van der Waals surface area (Å²) in [5.41, 5.74) is 1.36. The van der Waals surface area contributed by atoms with E-state index in [1.807, 2.05) is 0 Å². The number of hydrogen-bond acceptors (Lipinski definition) is 3. The number of aromatic nitrogens is 4. The maximum Gasteiger partial charge on any atom is 0.330 e. The second-order valence-electron chi connectivity index (χ2n) is 4.14. The number of rotatable bonds is 1. The summed E-state index contributed by atoms with van der Waals surface area (Å²) in [7, 11) is 1.73. The van der Waals surface area contributed by atoms with Crippen molar-refractivity contribution in [1.82, 2.24) is 19.1 Å². The lowest BCUT2D eigenvalue weighted by molar-refractivity contribution is 0.311. The summed E-state index contributed by atoms with van der Waals surface area (Å²) >= 11 is 5.77. The molecule has 1 fully saturated rings. The maximum atomic E-state index is 12.0. The molecule has 16 heavy (non-hydrogen) atoms. The largest absolute Gasteiger partial charge is 0.330 e. The van der Waals surface area contributed by atoms with E-state index >= 15 is 0 Å². The van der Waals surface area contributed by atoms with Crippen molar-refractivity contribution in [3.63, 3.8) is 0 Å². The highest BCUT2D eigenvalue weighted by atomic mass is 35.5. The molecule has 2 aromatic rings. The molecule has 2 aromatic heterocycles. The van der Waals surface area contributed by atoms with Gasteiger partial charge in [-0.15, -0.1) is 0 Å². The van der Waals surface area contributed by atoms with E-state index < -0.39 is 0 Å². The predicted octanol–water partition coefficient (Wildman–Crippen LogP) is 1.51. The van der Waals surface area contributed by atoms with Crippen LogP contribution in [0.5, 0.6) is 0 Å². The molecule has 0 bridgehead atoms. The molecule has 3 rings (SSSR count). The highest BCUT2D eigenvalue weighted by Gasteiger charge is 2.25. The molecule has 0 amide bonds. The van der Waals surface area contributed by atoms with Gasteiger partial charge in [0.25, 0.3) is 0 Å². The van der Waals surface area contributed by atoms with E-state index in [0.29, 0.717) is 5.65 Å². The van der Waals surface area contributed by atoms with Crippen molar-refractivity contribution in [2.45, 2.75) is 25.3 Å². The fraction of sp³-hybridized carbons (Fsp3) is 0.500. The Bertz CT molecular complexity index is 611. The van der Waals surface area contributed by atoms with Gasteiger partial charge in [0.15, 0.2) is 5.65 Å². The van der Waals surface area contributed by atoms with Gasteiger partial charge in [-0.1, -0.05) is 0 Å². The van der Waals surface area contributed by atoms with Crippen molar-refractivity contribution in [2.24, 2.45) is 7.05 Å². The Hall–Kier alpha value is -1.36. The van der Waals surface area contributed by atoms with Crippen LogP contribution in [0.25, 0.3) is 11.2 Å². The molecule has 0 spiro atoms. The summed E-state index contributed by atoms with van der Waals surface area (Å²) in [6.07, 6.45) is 4.86. The van der Waals surface area contributed by atoms with Crippen LogP contribution in [-0.2, 0) is 7.05 Å². The third-order valence-corrected chi connectivity index (χ3v) is 3.43. The molecule has 1 saturated carbocycles. The summed E-state index contributed by atoms with van der Waals surface area (Å²) in [5, 5.41) is 0.186. The van der Waals surface area contributed by atoms with Gasteiger partial charge in [-0.3, -0.25) is 9.13 Å². The molecule has 5 nitrogen and oxygen atoms in total. The van der Waals surface area contributed by atoms with Crippen LogP contribution < -0.4 is 5.69 Å². The van der Waals surface area contributed by atoms with Crippen LogP contribution >= 0.6 is 11.6 Å². The molecule has 0 aliphatic heterocycles. The molecule has 1 aliphatic rings. The lowest BCUT2D eigenvalue weighted by atomic mass is 9.93. The van der Waals surface area contributed by atoms with Crippen molar-refractivity contribution in [3.8, 4) is 0 Å². The van der Waals surface area contributed by atoms with Crippen molar-refractivity contribution in [1.29, 1.82) is 0 Å². The van der Waals surface area contributed by atoms with Gasteiger partial charge in [-0.2, -0.15) is 4.98 Å². The maximum absolute atomic E-state index is 12.0. The average molecular weight is 239 g/mol. The molecular formula is C10H11ClN4O. The van der Waals surface area contributed by atoms with Crippen LogP contribution in [-0.4, -0.2) is 19.1 Å². The molecule has 0 N–H and O–H groups in total. The van der Waals surface area contributed by atoms with Crippen LogP contribution in [0, 0.1) is 0 Å². The van der Waals surface area contributed by atoms with Gasteiger partial charge in [0.1, 0.15) is 5.52 Å². The Morgan fingerprint density at radius 2 is 2.25 bits per heavy atom. The van der Waals surface area contributed by atoms with Gasteiger partial charge in [-0.05, 0) is 30.9 Å². The van der Waals surface area contributed by atoms with Crippen molar-refractivity contribution >= 4 is 22.8 Å². The van der Waals surface area contributed by atoms with Gasteiger partial charge in [0.2, 0.25) is 5.28 Å². The first-order chi connectivity index (χ1) is 7.68. The lowest BCUT2D eigenvalue weighted by Crippen LogP contribution is -2.29. The van der Waals surface area contributed by atoms with E-state index in [1.165, 1.54) is 6.42 Å². The minimum atomic E-state index is -0.0312. The first kappa shape index (κ1) is 9.84. The topological polar surface area (TPSA) is 52.7 Å². The van der Waals surface area contributed by atoms with Crippen LogP contribution in [0.4, 0.5) is 0 Å². The van der Waals surface area contributed by atoms with Crippen LogP contribution in [0.2, 0.25) is 5.28 Å². The summed E-state index contributed by atoms with van der Waals surface area (Å²) in [4.78, 5) is 20.1. The summed E-state index contributed by atoms with van der Waals surface area (Å²) in [6, 6.07) is 0.280. The van der Waals surface area contributed by atoms with Gasteiger partial charge < -0.3 is 0 Å². The second kappa shape index (κ2) is 3.31. The number of imidazole rings is 1. The Kier molecular flexibility index (Phi) is 2.04. The molecule has 0 aromatic carbocycles. The van der Waals surface area contributed by atoms with E-state index in [2.05, 4.69) is 9.97 Å². The highest BCUT2D eigenvalue weighted by Crippen LogP contribution is 2.32. The van der Waals surface area contributed by atoms with E-state index in [-0.39, 0.29) is 17.0 Å². The third-order valence-electron chi connectivity index (χ3n) is 3.24. The normalized spacial score (nSPS) is 16.6. The molecule has 0 atom stereocenters. The zero-order valence-corrected chi connectivity index (χ0v) is 9.61. The Labute approximate surface area is 96.7 Å². The van der Waals surface area contributed by atoms with Crippen molar-refractivity contribution in [3.05, 3.63) is 22.0 Å². The molecule has 0 unspecified atom stereocenters. The minimum absolute atomic E-state index is 0.0312. The molecule has 2 heterocycles. The second-order valence-corrected chi connectivity index (χ2v) is 4.48.